The number of hydrogen-bond donors (Lipinski definition) is 1. The molecule has 2 N–H and O–H groups in total. The minimum Gasteiger partial charge on any atom is -0.337 e. The Kier molecular flexibility index (Phi) is 4.25. The van der Waals surface area contributed by atoms with Crippen LogP contribution in [0.3, 0.4) is 0 Å². The number of rotatable bonds is 3. The lowest BCUT2D eigenvalue weighted by atomic mass is 9.92. The summed E-state index contributed by atoms with van der Waals surface area (Å²) in [6.45, 7) is 10.1. The highest BCUT2D eigenvalue weighted by molar-refractivity contribution is 5.92. The zero-order valence-electron chi connectivity index (χ0n) is 14.9. The average Bonchev–Trinajstić information content (AvgIpc) is 3.23. The number of amides is 1. The van der Waals surface area contributed by atoms with E-state index in [4.69, 9.17) is 5.73 Å². The van der Waals surface area contributed by atoms with Gasteiger partial charge in [-0.05, 0) is 65.4 Å². The van der Waals surface area contributed by atoms with E-state index in [2.05, 4.69) is 30.6 Å². The normalized spacial score (nSPS) is 23.9. The van der Waals surface area contributed by atoms with Gasteiger partial charge in [0.15, 0.2) is 5.69 Å². The molecule has 2 aliphatic rings. The summed E-state index contributed by atoms with van der Waals surface area (Å²) < 4.78 is 2.06. The molecule has 0 bridgehead atoms. The van der Waals surface area contributed by atoms with Crippen molar-refractivity contribution in [1.29, 1.82) is 0 Å². The summed E-state index contributed by atoms with van der Waals surface area (Å²) in [5, 5.41) is 4.68. The van der Waals surface area contributed by atoms with Crippen LogP contribution in [0.25, 0.3) is 0 Å². The van der Waals surface area contributed by atoms with Crippen molar-refractivity contribution < 1.29 is 4.79 Å². The molecule has 2 atom stereocenters. The van der Waals surface area contributed by atoms with Crippen LogP contribution in [0, 0.1) is 5.92 Å². The van der Waals surface area contributed by atoms with Gasteiger partial charge >= 0.3 is 0 Å². The third-order valence-electron chi connectivity index (χ3n) is 5.08. The second-order valence-electron chi connectivity index (χ2n) is 8.32. The molecule has 2 fully saturated rings. The summed E-state index contributed by atoms with van der Waals surface area (Å²) in [5.41, 5.74) is 7.78. The minimum absolute atomic E-state index is 0.0697. The molecule has 128 valence electrons. The molecule has 1 aromatic rings. The van der Waals surface area contributed by atoms with Crippen LogP contribution in [0.5, 0.6) is 0 Å². The van der Waals surface area contributed by atoms with Crippen LogP contribution in [0.1, 0.15) is 75.5 Å². The van der Waals surface area contributed by atoms with Gasteiger partial charge in [0.2, 0.25) is 0 Å². The van der Waals surface area contributed by atoms with E-state index in [1.165, 1.54) is 18.5 Å². The van der Waals surface area contributed by atoms with E-state index < -0.39 is 0 Å². The van der Waals surface area contributed by atoms with Crippen LogP contribution < -0.4 is 5.73 Å². The second kappa shape index (κ2) is 5.93. The zero-order chi connectivity index (χ0) is 16.8. The van der Waals surface area contributed by atoms with E-state index in [-0.39, 0.29) is 17.5 Å². The van der Waals surface area contributed by atoms with Crippen molar-refractivity contribution in [2.24, 2.45) is 11.7 Å². The minimum atomic E-state index is -0.0906. The Morgan fingerprint density at radius 2 is 2.04 bits per heavy atom. The molecule has 1 amide bonds. The predicted octanol–water partition coefficient (Wildman–Crippen LogP) is 2.71. The Bertz CT molecular complexity index is 580. The third-order valence-corrected chi connectivity index (χ3v) is 5.08. The van der Waals surface area contributed by atoms with Gasteiger partial charge in [0.05, 0.1) is 5.54 Å². The highest BCUT2D eigenvalue weighted by Gasteiger charge is 2.34. The summed E-state index contributed by atoms with van der Waals surface area (Å²) in [6.07, 6.45) is 4.58. The smallest absolute Gasteiger partial charge is 0.274 e. The Labute approximate surface area is 139 Å². The third kappa shape index (κ3) is 3.44. The summed E-state index contributed by atoms with van der Waals surface area (Å²) in [5.74, 6) is 1.06. The molecule has 1 aliphatic heterocycles. The Morgan fingerprint density at radius 1 is 1.35 bits per heavy atom. The van der Waals surface area contributed by atoms with E-state index in [1.54, 1.807) is 0 Å². The van der Waals surface area contributed by atoms with Crippen molar-refractivity contribution in [2.45, 2.75) is 70.9 Å². The van der Waals surface area contributed by atoms with Gasteiger partial charge < -0.3 is 10.6 Å². The summed E-state index contributed by atoms with van der Waals surface area (Å²) in [7, 11) is 0. The van der Waals surface area contributed by atoms with Gasteiger partial charge in [0, 0.05) is 30.7 Å². The Hall–Kier alpha value is -1.36. The molecule has 0 radical (unpaired) electrons. The Morgan fingerprint density at radius 3 is 2.61 bits per heavy atom. The fraction of sp³-hybridized carbons (Fsp3) is 0.778. The van der Waals surface area contributed by atoms with Crippen molar-refractivity contribution >= 4 is 5.91 Å². The van der Waals surface area contributed by atoms with Gasteiger partial charge in [0.25, 0.3) is 5.91 Å². The van der Waals surface area contributed by atoms with Crippen LogP contribution in [0.15, 0.2) is 6.07 Å². The lowest BCUT2D eigenvalue weighted by Crippen LogP contribution is -2.45. The molecule has 1 saturated carbocycles. The van der Waals surface area contributed by atoms with Crippen molar-refractivity contribution in [1.82, 2.24) is 14.7 Å². The highest BCUT2D eigenvalue weighted by atomic mass is 16.2. The van der Waals surface area contributed by atoms with E-state index in [0.717, 1.165) is 25.9 Å². The first-order chi connectivity index (χ1) is 10.8. The van der Waals surface area contributed by atoms with Crippen LogP contribution in [0.4, 0.5) is 0 Å². The molecule has 5 heteroatoms. The highest BCUT2D eigenvalue weighted by Crippen LogP contribution is 2.41. The second-order valence-corrected chi connectivity index (χ2v) is 8.32. The van der Waals surface area contributed by atoms with E-state index in [0.29, 0.717) is 17.5 Å². The monoisotopic (exact) mass is 318 g/mol. The maximum Gasteiger partial charge on any atom is 0.274 e. The maximum atomic E-state index is 12.9. The molecule has 0 spiro atoms. The first-order valence-corrected chi connectivity index (χ1v) is 8.92. The number of nitrogens with zero attached hydrogens (tertiary/aromatic N) is 3. The standard InChI is InChI=1S/C18H30N4O/c1-12(19)14-6-5-9-21(11-14)17(23)15-10-16(13-7-8-13)22(20-15)18(2,3)4/h10,12-14H,5-9,11,19H2,1-4H3. The summed E-state index contributed by atoms with van der Waals surface area (Å²) in [4.78, 5) is 14.9. The molecule has 2 heterocycles. The van der Waals surface area contributed by atoms with Crippen molar-refractivity contribution in [3.63, 3.8) is 0 Å². The molecule has 23 heavy (non-hydrogen) atoms. The van der Waals surface area contributed by atoms with Gasteiger partial charge in [-0.1, -0.05) is 0 Å². The number of aromatic nitrogens is 2. The topological polar surface area (TPSA) is 64.2 Å². The number of piperidine rings is 1. The molecule has 1 saturated heterocycles. The van der Waals surface area contributed by atoms with Gasteiger partial charge in [-0.2, -0.15) is 5.10 Å². The first-order valence-electron chi connectivity index (χ1n) is 8.92. The van der Waals surface area contributed by atoms with Crippen molar-refractivity contribution in [2.75, 3.05) is 13.1 Å². The molecule has 1 aliphatic carbocycles. The number of hydrogen-bond acceptors (Lipinski definition) is 3. The zero-order valence-corrected chi connectivity index (χ0v) is 14.9. The number of carbonyl (C=O) groups is 1. The fourth-order valence-electron chi connectivity index (χ4n) is 3.49. The van der Waals surface area contributed by atoms with Gasteiger partial charge in [-0.25, -0.2) is 0 Å². The molecule has 3 rings (SSSR count). The van der Waals surface area contributed by atoms with Crippen molar-refractivity contribution in [3.8, 4) is 0 Å². The number of carbonyl (C=O) groups excluding carboxylic acids is 1. The van der Waals surface area contributed by atoms with Gasteiger partial charge in [-0.3, -0.25) is 9.48 Å². The predicted molar refractivity (Wildman–Crippen MR) is 91.5 cm³/mol. The van der Waals surface area contributed by atoms with Crippen LogP contribution in [0.2, 0.25) is 0 Å². The number of nitrogens with two attached hydrogens (primary N) is 1. The van der Waals surface area contributed by atoms with Crippen LogP contribution in [-0.2, 0) is 5.54 Å². The molecule has 0 aromatic carbocycles. The Balaban J connectivity index is 1.82. The molecule has 2 unspecified atom stereocenters. The molecular weight excluding hydrogens is 288 g/mol. The molecule has 5 nitrogen and oxygen atoms in total. The average molecular weight is 318 g/mol. The number of likely N-dealkylation sites (tertiary alicyclic amines) is 1. The quantitative estimate of drug-likeness (QED) is 0.932. The molecular formula is C18H30N4O. The lowest BCUT2D eigenvalue weighted by molar-refractivity contribution is 0.0653. The van der Waals surface area contributed by atoms with Crippen molar-refractivity contribution in [3.05, 3.63) is 17.5 Å². The lowest BCUT2D eigenvalue weighted by Gasteiger charge is -2.34. The van der Waals surface area contributed by atoms with E-state index >= 15 is 0 Å². The van der Waals surface area contributed by atoms with Gasteiger partial charge in [-0.15, -0.1) is 0 Å². The summed E-state index contributed by atoms with van der Waals surface area (Å²) in [6, 6.07) is 2.17. The van der Waals surface area contributed by atoms with E-state index in [1.807, 2.05) is 17.9 Å². The summed E-state index contributed by atoms with van der Waals surface area (Å²) >= 11 is 0. The molecule has 1 aromatic heterocycles. The fourth-order valence-corrected chi connectivity index (χ4v) is 3.49. The SMILES string of the molecule is CC(N)C1CCCN(C(=O)c2cc(C3CC3)n(C(C)(C)C)n2)C1. The van der Waals surface area contributed by atoms with Gasteiger partial charge in [0.1, 0.15) is 0 Å². The maximum absolute atomic E-state index is 12.9. The van der Waals surface area contributed by atoms with Crippen LogP contribution >= 0.6 is 0 Å². The first kappa shape index (κ1) is 16.5. The van der Waals surface area contributed by atoms with E-state index in [9.17, 15) is 4.79 Å². The largest absolute Gasteiger partial charge is 0.337 e. The van der Waals surface area contributed by atoms with Crippen LogP contribution in [-0.4, -0.2) is 39.7 Å².